The fraction of sp³-hybridized carbons (Fsp3) is 0.300. The van der Waals surface area contributed by atoms with Crippen molar-refractivity contribution in [3.63, 3.8) is 0 Å². The highest BCUT2D eigenvalue weighted by molar-refractivity contribution is 5.93. The Morgan fingerprint density at radius 1 is 1.16 bits per heavy atom. The summed E-state index contributed by atoms with van der Waals surface area (Å²) in [6.07, 6.45) is 5.38. The smallest absolute Gasteiger partial charge is 0.151 e. The van der Waals surface area contributed by atoms with E-state index < -0.39 is 0 Å². The average Bonchev–Trinajstić information content (AvgIpc) is 3.07. The molecule has 128 valence electrons. The molecule has 5 heteroatoms. The van der Waals surface area contributed by atoms with Gasteiger partial charge in [-0.05, 0) is 55.7 Å². The summed E-state index contributed by atoms with van der Waals surface area (Å²) in [5.74, 6) is 1.84. The summed E-state index contributed by atoms with van der Waals surface area (Å²) < 4.78 is 5.37. The molecule has 3 heterocycles. The largest absolute Gasteiger partial charge is 0.497 e. The minimum atomic E-state index is 0.850. The number of nitrogens with one attached hydrogen (secondary N) is 1. The number of ether oxygens (including phenoxy) is 1. The zero-order valence-electron chi connectivity index (χ0n) is 14.8. The van der Waals surface area contributed by atoms with E-state index in [1.807, 2.05) is 13.0 Å². The van der Waals surface area contributed by atoms with Gasteiger partial charge in [0.25, 0.3) is 0 Å². The SMILES string of the molecule is COc1ccc2[nH]cc(C3=CCN(c4cc(C)c(C)nn4)CC3)c2c1. The number of fused-ring (bicyclic) bond motifs is 1. The van der Waals surface area contributed by atoms with Crippen molar-refractivity contribution in [2.45, 2.75) is 20.3 Å². The van der Waals surface area contributed by atoms with Gasteiger partial charge in [0.05, 0.1) is 12.8 Å². The molecule has 1 aliphatic heterocycles. The van der Waals surface area contributed by atoms with E-state index in [1.165, 1.54) is 22.1 Å². The molecular formula is C20H22N4O. The zero-order chi connectivity index (χ0) is 17.4. The van der Waals surface area contributed by atoms with Gasteiger partial charge in [-0.15, -0.1) is 5.10 Å². The number of methoxy groups -OCH3 is 1. The molecule has 0 fully saturated rings. The van der Waals surface area contributed by atoms with Crippen LogP contribution >= 0.6 is 0 Å². The summed E-state index contributed by atoms with van der Waals surface area (Å²) in [6.45, 7) is 5.87. The van der Waals surface area contributed by atoms with Gasteiger partial charge < -0.3 is 14.6 Å². The number of hydrogen-bond acceptors (Lipinski definition) is 4. The third kappa shape index (κ3) is 2.86. The van der Waals surface area contributed by atoms with Gasteiger partial charge in [0, 0.05) is 35.8 Å². The van der Waals surface area contributed by atoms with Crippen LogP contribution in [-0.2, 0) is 0 Å². The van der Waals surface area contributed by atoms with E-state index in [4.69, 9.17) is 4.74 Å². The Labute approximate surface area is 147 Å². The molecule has 0 bridgehead atoms. The number of hydrogen-bond donors (Lipinski definition) is 1. The van der Waals surface area contributed by atoms with E-state index in [9.17, 15) is 0 Å². The van der Waals surface area contributed by atoms with Crippen molar-refractivity contribution >= 4 is 22.3 Å². The molecule has 2 aromatic heterocycles. The van der Waals surface area contributed by atoms with E-state index in [-0.39, 0.29) is 0 Å². The second-order valence-electron chi connectivity index (χ2n) is 6.51. The van der Waals surface area contributed by atoms with E-state index in [0.717, 1.165) is 42.3 Å². The quantitative estimate of drug-likeness (QED) is 0.790. The van der Waals surface area contributed by atoms with Gasteiger partial charge in [0.1, 0.15) is 5.75 Å². The first-order valence-electron chi connectivity index (χ1n) is 8.56. The van der Waals surface area contributed by atoms with Gasteiger partial charge in [0.15, 0.2) is 5.82 Å². The molecular weight excluding hydrogens is 312 g/mol. The lowest BCUT2D eigenvalue weighted by Crippen LogP contribution is -2.29. The van der Waals surface area contributed by atoms with Crippen LogP contribution in [-0.4, -0.2) is 35.4 Å². The monoisotopic (exact) mass is 334 g/mol. The summed E-state index contributed by atoms with van der Waals surface area (Å²) in [5.41, 5.74) is 5.94. The lowest BCUT2D eigenvalue weighted by atomic mass is 9.98. The maximum absolute atomic E-state index is 5.37. The Morgan fingerprint density at radius 2 is 2.04 bits per heavy atom. The van der Waals surface area contributed by atoms with Crippen LogP contribution in [0, 0.1) is 13.8 Å². The lowest BCUT2D eigenvalue weighted by Gasteiger charge is -2.27. The van der Waals surface area contributed by atoms with Gasteiger partial charge in [0.2, 0.25) is 0 Å². The van der Waals surface area contributed by atoms with Crippen molar-refractivity contribution in [2.24, 2.45) is 0 Å². The second-order valence-corrected chi connectivity index (χ2v) is 6.51. The molecule has 1 N–H and O–H groups in total. The predicted molar refractivity (Wildman–Crippen MR) is 101 cm³/mol. The van der Waals surface area contributed by atoms with Crippen molar-refractivity contribution in [2.75, 3.05) is 25.1 Å². The number of benzene rings is 1. The van der Waals surface area contributed by atoms with Crippen molar-refractivity contribution in [3.05, 3.63) is 53.4 Å². The molecule has 0 unspecified atom stereocenters. The highest BCUT2D eigenvalue weighted by Gasteiger charge is 2.17. The molecule has 5 nitrogen and oxygen atoms in total. The van der Waals surface area contributed by atoms with Crippen LogP contribution in [0.2, 0.25) is 0 Å². The summed E-state index contributed by atoms with van der Waals surface area (Å²) in [7, 11) is 1.70. The van der Waals surface area contributed by atoms with Gasteiger partial charge >= 0.3 is 0 Å². The van der Waals surface area contributed by atoms with Crippen LogP contribution in [0.3, 0.4) is 0 Å². The molecule has 0 aliphatic carbocycles. The summed E-state index contributed by atoms with van der Waals surface area (Å²) in [6, 6.07) is 8.27. The van der Waals surface area contributed by atoms with E-state index in [0.29, 0.717) is 0 Å². The standard InChI is InChI=1S/C20H22N4O/c1-13-10-20(23-22-14(13)2)24-8-6-15(7-9-24)18-12-21-19-5-4-16(25-3)11-17(18)19/h4-6,10-12,21H,7-9H2,1-3H3. The van der Waals surface area contributed by atoms with Gasteiger partial charge in [-0.25, -0.2) is 0 Å². The molecule has 1 aromatic carbocycles. The van der Waals surface area contributed by atoms with Crippen molar-refractivity contribution < 1.29 is 4.74 Å². The van der Waals surface area contributed by atoms with E-state index >= 15 is 0 Å². The Kier molecular flexibility index (Phi) is 3.92. The second kappa shape index (κ2) is 6.24. The molecule has 0 atom stereocenters. The Bertz CT molecular complexity index is 957. The maximum Gasteiger partial charge on any atom is 0.151 e. The third-order valence-electron chi connectivity index (χ3n) is 4.99. The van der Waals surface area contributed by atoms with Crippen molar-refractivity contribution in [3.8, 4) is 5.75 Å². The van der Waals surface area contributed by atoms with Crippen molar-refractivity contribution in [1.29, 1.82) is 0 Å². The first kappa shape index (κ1) is 15.7. The summed E-state index contributed by atoms with van der Waals surface area (Å²) >= 11 is 0. The van der Waals surface area contributed by atoms with Crippen LogP contribution in [0.25, 0.3) is 16.5 Å². The molecule has 1 aliphatic rings. The molecule has 0 amide bonds. The number of aromatic nitrogens is 3. The number of anilines is 1. The number of nitrogens with zero attached hydrogens (tertiary/aromatic N) is 3. The third-order valence-corrected chi connectivity index (χ3v) is 4.99. The maximum atomic E-state index is 5.37. The highest BCUT2D eigenvalue weighted by atomic mass is 16.5. The van der Waals surface area contributed by atoms with Crippen LogP contribution in [0.4, 0.5) is 5.82 Å². The van der Waals surface area contributed by atoms with Crippen LogP contribution in [0.5, 0.6) is 5.75 Å². The first-order valence-corrected chi connectivity index (χ1v) is 8.56. The molecule has 0 saturated carbocycles. The number of aryl methyl sites for hydroxylation is 2. The summed E-state index contributed by atoms with van der Waals surface area (Å²) in [4.78, 5) is 5.64. The fourth-order valence-electron chi connectivity index (χ4n) is 3.30. The first-order chi connectivity index (χ1) is 12.2. The molecule has 0 radical (unpaired) electrons. The Morgan fingerprint density at radius 3 is 2.76 bits per heavy atom. The normalized spacial score (nSPS) is 14.7. The molecule has 4 rings (SSSR count). The van der Waals surface area contributed by atoms with Crippen LogP contribution in [0.15, 0.2) is 36.5 Å². The molecule has 0 saturated heterocycles. The number of aromatic amines is 1. The molecule has 0 spiro atoms. The van der Waals surface area contributed by atoms with E-state index in [1.54, 1.807) is 7.11 Å². The van der Waals surface area contributed by atoms with Gasteiger partial charge in [-0.1, -0.05) is 6.08 Å². The summed E-state index contributed by atoms with van der Waals surface area (Å²) in [5, 5.41) is 9.81. The van der Waals surface area contributed by atoms with Crippen LogP contribution in [0.1, 0.15) is 23.2 Å². The number of rotatable bonds is 3. The zero-order valence-corrected chi connectivity index (χ0v) is 14.8. The lowest BCUT2D eigenvalue weighted by molar-refractivity contribution is 0.415. The fourth-order valence-corrected chi connectivity index (χ4v) is 3.30. The topological polar surface area (TPSA) is 54.0 Å². The van der Waals surface area contributed by atoms with Crippen LogP contribution < -0.4 is 9.64 Å². The van der Waals surface area contributed by atoms with Gasteiger partial charge in [-0.2, -0.15) is 5.10 Å². The Hall–Kier alpha value is -2.82. The Balaban J connectivity index is 1.61. The average molecular weight is 334 g/mol. The van der Waals surface area contributed by atoms with Crippen molar-refractivity contribution in [1.82, 2.24) is 15.2 Å². The highest BCUT2D eigenvalue weighted by Crippen LogP contribution is 2.32. The number of H-pyrrole nitrogens is 1. The van der Waals surface area contributed by atoms with Gasteiger partial charge in [-0.3, -0.25) is 0 Å². The molecule has 3 aromatic rings. The van der Waals surface area contributed by atoms with E-state index in [2.05, 4.69) is 57.5 Å². The predicted octanol–water partition coefficient (Wildman–Crippen LogP) is 3.88. The molecule has 25 heavy (non-hydrogen) atoms. The minimum absolute atomic E-state index is 0.850. The minimum Gasteiger partial charge on any atom is -0.497 e.